The minimum Gasteiger partial charge on any atom is -0.232 e. The summed E-state index contributed by atoms with van der Waals surface area (Å²) in [7, 11) is 0. The Kier molecular flexibility index (Phi) is 3.57. The van der Waals surface area contributed by atoms with Crippen molar-refractivity contribution in [2.75, 3.05) is 0 Å². The molecule has 0 aliphatic heterocycles. The van der Waals surface area contributed by atoms with Crippen molar-refractivity contribution >= 4 is 0 Å². The van der Waals surface area contributed by atoms with Gasteiger partial charge in [0.2, 0.25) is 0 Å². The number of hydrogen-bond donors (Lipinski definition) is 0. The molecule has 3 rings (SSSR count). The van der Waals surface area contributed by atoms with Crippen LogP contribution in [-0.2, 0) is 0 Å². The molecule has 1 radical (unpaired) electrons. The summed E-state index contributed by atoms with van der Waals surface area (Å²) in [5, 5.41) is 4.65. The summed E-state index contributed by atoms with van der Waals surface area (Å²) < 4.78 is 15.0. The van der Waals surface area contributed by atoms with Crippen LogP contribution in [0.3, 0.4) is 0 Å². The first-order valence-electron chi connectivity index (χ1n) is 6.99. The van der Waals surface area contributed by atoms with Gasteiger partial charge in [0.05, 0.1) is 17.1 Å². The van der Waals surface area contributed by atoms with E-state index in [-0.39, 0.29) is 11.7 Å². The highest BCUT2D eigenvalue weighted by atomic mass is 19.1. The van der Waals surface area contributed by atoms with Gasteiger partial charge >= 0.3 is 0 Å². The van der Waals surface area contributed by atoms with Crippen molar-refractivity contribution in [3.05, 3.63) is 72.2 Å². The lowest BCUT2D eigenvalue weighted by Crippen LogP contribution is -2.00. The molecule has 0 saturated carbocycles. The Hall–Kier alpha value is -2.42. The lowest BCUT2D eigenvalue weighted by molar-refractivity contribution is 0.628. The van der Waals surface area contributed by atoms with E-state index in [1.807, 2.05) is 35.0 Å². The van der Waals surface area contributed by atoms with Crippen LogP contribution in [0.2, 0.25) is 0 Å². The molecule has 1 heterocycles. The molecule has 3 aromatic rings. The van der Waals surface area contributed by atoms with Crippen LogP contribution in [0.1, 0.15) is 25.5 Å². The van der Waals surface area contributed by atoms with E-state index in [0.717, 1.165) is 22.6 Å². The Morgan fingerprint density at radius 1 is 1.00 bits per heavy atom. The minimum absolute atomic E-state index is 0.242. The molecule has 105 valence electrons. The second kappa shape index (κ2) is 5.52. The molecule has 21 heavy (non-hydrogen) atoms. The monoisotopic (exact) mass is 279 g/mol. The molecule has 0 atom stereocenters. The average Bonchev–Trinajstić information content (AvgIpc) is 2.94. The molecule has 0 bridgehead atoms. The fourth-order valence-electron chi connectivity index (χ4n) is 2.18. The first kappa shape index (κ1) is 13.6. The first-order valence-corrected chi connectivity index (χ1v) is 6.99. The van der Waals surface area contributed by atoms with Crippen LogP contribution in [0.25, 0.3) is 16.9 Å². The van der Waals surface area contributed by atoms with Crippen molar-refractivity contribution in [2.24, 2.45) is 0 Å². The fourth-order valence-corrected chi connectivity index (χ4v) is 2.18. The van der Waals surface area contributed by atoms with Gasteiger partial charge in [-0.15, -0.1) is 0 Å². The molecule has 3 heteroatoms. The Bertz CT molecular complexity index is 728. The van der Waals surface area contributed by atoms with Crippen LogP contribution in [0.4, 0.5) is 4.39 Å². The van der Waals surface area contributed by atoms with E-state index in [9.17, 15) is 4.39 Å². The van der Waals surface area contributed by atoms with Crippen molar-refractivity contribution < 1.29 is 4.39 Å². The van der Waals surface area contributed by atoms with E-state index in [4.69, 9.17) is 0 Å². The maximum Gasteiger partial charge on any atom is 0.123 e. The van der Waals surface area contributed by atoms with Gasteiger partial charge in [-0.25, -0.2) is 9.07 Å². The third kappa shape index (κ3) is 2.72. The van der Waals surface area contributed by atoms with Gasteiger partial charge in [-0.2, -0.15) is 5.10 Å². The summed E-state index contributed by atoms with van der Waals surface area (Å²) in [5.41, 5.74) is 3.63. The summed E-state index contributed by atoms with van der Waals surface area (Å²) in [4.78, 5) is 0. The summed E-state index contributed by atoms with van der Waals surface area (Å²) in [6, 6.07) is 19.7. The zero-order valence-corrected chi connectivity index (χ0v) is 12.0. The molecule has 2 nitrogen and oxygen atoms in total. The number of hydrogen-bond acceptors (Lipinski definition) is 1. The smallest absolute Gasteiger partial charge is 0.123 e. The van der Waals surface area contributed by atoms with Crippen molar-refractivity contribution in [1.82, 2.24) is 9.78 Å². The van der Waals surface area contributed by atoms with Crippen molar-refractivity contribution in [3.63, 3.8) is 0 Å². The molecule has 0 amide bonds. The third-order valence-electron chi connectivity index (χ3n) is 3.33. The molecule has 2 aromatic carbocycles. The van der Waals surface area contributed by atoms with Crippen molar-refractivity contribution in [2.45, 2.75) is 19.8 Å². The molecule has 0 aliphatic rings. The lowest BCUT2D eigenvalue weighted by Gasteiger charge is -2.07. The highest BCUT2D eigenvalue weighted by Gasteiger charge is 2.14. The number of para-hydroxylation sites is 1. The third-order valence-corrected chi connectivity index (χ3v) is 3.33. The number of aromatic nitrogens is 2. The molecule has 0 N–H and O–H groups in total. The van der Waals surface area contributed by atoms with Crippen LogP contribution in [0.15, 0.2) is 54.6 Å². The normalized spacial score (nSPS) is 11.0. The summed E-state index contributed by atoms with van der Waals surface area (Å²) in [6.07, 6.45) is 0. The quantitative estimate of drug-likeness (QED) is 0.685. The largest absolute Gasteiger partial charge is 0.232 e. The molecule has 0 aliphatic carbocycles. The summed E-state index contributed by atoms with van der Waals surface area (Å²) in [5.74, 6) is 0.0442. The van der Waals surface area contributed by atoms with Crippen LogP contribution < -0.4 is 0 Å². The van der Waals surface area contributed by atoms with E-state index in [1.165, 1.54) is 12.1 Å². The molecule has 0 saturated heterocycles. The highest BCUT2D eigenvalue weighted by Crippen LogP contribution is 2.26. The second-order valence-corrected chi connectivity index (χ2v) is 5.27. The summed E-state index contributed by atoms with van der Waals surface area (Å²) >= 11 is 0. The van der Waals surface area contributed by atoms with E-state index in [1.54, 1.807) is 12.1 Å². The van der Waals surface area contributed by atoms with E-state index in [2.05, 4.69) is 25.0 Å². The molecule has 0 unspecified atom stereocenters. The highest BCUT2D eigenvalue weighted by molar-refractivity contribution is 5.62. The van der Waals surface area contributed by atoms with Crippen LogP contribution in [-0.4, -0.2) is 9.78 Å². The van der Waals surface area contributed by atoms with Crippen LogP contribution in [0.5, 0.6) is 0 Å². The van der Waals surface area contributed by atoms with Crippen molar-refractivity contribution in [1.29, 1.82) is 0 Å². The lowest BCUT2D eigenvalue weighted by atomic mass is 10.1. The van der Waals surface area contributed by atoms with Gasteiger partial charge in [-0.1, -0.05) is 32.0 Å². The SMILES string of the molecule is CC(C)c1[c]c(-c2ccc(F)cc2)n(-c2ccccc2)n1. The van der Waals surface area contributed by atoms with Gasteiger partial charge in [0, 0.05) is 11.6 Å². The molecule has 1 aromatic heterocycles. The summed E-state index contributed by atoms with van der Waals surface area (Å²) in [6.45, 7) is 4.17. The van der Waals surface area contributed by atoms with E-state index in [0.29, 0.717) is 0 Å². The Balaban J connectivity index is 2.16. The maximum absolute atomic E-state index is 13.1. The predicted octanol–water partition coefficient (Wildman–Crippen LogP) is 4.60. The second-order valence-electron chi connectivity index (χ2n) is 5.27. The number of benzene rings is 2. The van der Waals surface area contributed by atoms with Crippen LogP contribution >= 0.6 is 0 Å². The molecular formula is C18H16FN2. The predicted molar refractivity (Wildman–Crippen MR) is 81.9 cm³/mol. The number of rotatable bonds is 3. The van der Waals surface area contributed by atoms with Crippen molar-refractivity contribution in [3.8, 4) is 16.9 Å². The van der Waals surface area contributed by atoms with Gasteiger partial charge in [0.25, 0.3) is 0 Å². The van der Waals surface area contributed by atoms with Gasteiger partial charge < -0.3 is 0 Å². The molecule has 0 fully saturated rings. The topological polar surface area (TPSA) is 17.8 Å². The minimum atomic E-state index is -0.242. The average molecular weight is 279 g/mol. The number of halogens is 1. The molecular weight excluding hydrogens is 263 g/mol. The van der Waals surface area contributed by atoms with Gasteiger partial charge in [0.15, 0.2) is 0 Å². The maximum atomic E-state index is 13.1. The zero-order chi connectivity index (χ0) is 14.8. The van der Waals surface area contributed by atoms with E-state index >= 15 is 0 Å². The fraction of sp³-hybridized carbons (Fsp3) is 0.167. The zero-order valence-electron chi connectivity index (χ0n) is 12.0. The van der Waals surface area contributed by atoms with Gasteiger partial charge in [-0.05, 0) is 42.3 Å². The number of nitrogens with zero attached hydrogens (tertiary/aromatic N) is 2. The van der Waals surface area contributed by atoms with E-state index < -0.39 is 0 Å². The standard InChI is InChI=1S/C18H16FN2/c1-13(2)17-12-18(14-8-10-15(19)11-9-14)21(20-17)16-6-4-3-5-7-16/h3-11,13H,1-2H3. The van der Waals surface area contributed by atoms with Gasteiger partial charge in [-0.3, -0.25) is 0 Å². The van der Waals surface area contributed by atoms with Gasteiger partial charge in [0.1, 0.15) is 5.82 Å². The first-order chi connectivity index (χ1) is 10.1. The Morgan fingerprint density at radius 3 is 2.29 bits per heavy atom. The van der Waals surface area contributed by atoms with Crippen LogP contribution in [0, 0.1) is 11.9 Å². The molecule has 0 spiro atoms. The Labute approximate surface area is 123 Å². The Morgan fingerprint density at radius 2 is 1.67 bits per heavy atom.